The molecule has 0 saturated carbocycles. The van der Waals surface area contributed by atoms with Crippen molar-refractivity contribution in [2.45, 2.75) is 19.4 Å². The average molecular weight is 241 g/mol. The SMILES string of the molecule is CSCCC(C)N(C)S(=O)(=O)CCO. The molecule has 0 aliphatic heterocycles. The summed E-state index contributed by atoms with van der Waals surface area (Å²) in [5.41, 5.74) is 0. The van der Waals surface area contributed by atoms with Gasteiger partial charge in [-0.1, -0.05) is 0 Å². The third-order valence-corrected chi connectivity index (χ3v) is 4.73. The van der Waals surface area contributed by atoms with Crippen LogP contribution in [0.3, 0.4) is 0 Å². The minimum absolute atomic E-state index is 0.000926. The molecule has 0 rings (SSSR count). The fourth-order valence-corrected chi connectivity index (χ4v) is 2.75. The largest absolute Gasteiger partial charge is 0.395 e. The first-order valence-corrected chi connectivity index (χ1v) is 7.51. The highest BCUT2D eigenvalue weighted by atomic mass is 32.2. The van der Waals surface area contributed by atoms with Crippen LogP contribution in [0.1, 0.15) is 13.3 Å². The molecule has 1 N–H and O–H groups in total. The monoisotopic (exact) mass is 241 g/mol. The van der Waals surface area contributed by atoms with E-state index < -0.39 is 10.0 Å². The fraction of sp³-hybridized carbons (Fsp3) is 1.00. The zero-order valence-electron chi connectivity index (χ0n) is 8.93. The van der Waals surface area contributed by atoms with E-state index in [4.69, 9.17) is 5.11 Å². The second-order valence-corrected chi connectivity index (χ2v) is 6.32. The zero-order chi connectivity index (χ0) is 11.2. The quantitative estimate of drug-likeness (QED) is 0.700. The van der Waals surface area contributed by atoms with E-state index in [2.05, 4.69) is 0 Å². The number of thioether (sulfide) groups is 1. The predicted octanol–water partition coefficient (Wildman–Crippen LogP) is 0.382. The molecule has 1 unspecified atom stereocenters. The molecule has 1 atom stereocenters. The van der Waals surface area contributed by atoms with Gasteiger partial charge < -0.3 is 5.11 Å². The summed E-state index contributed by atoms with van der Waals surface area (Å²) >= 11 is 1.70. The van der Waals surface area contributed by atoms with Gasteiger partial charge in [-0.05, 0) is 25.4 Å². The van der Waals surface area contributed by atoms with Gasteiger partial charge in [0.1, 0.15) is 0 Å². The molecule has 0 radical (unpaired) electrons. The summed E-state index contributed by atoms with van der Waals surface area (Å²) in [6.07, 6.45) is 2.83. The Labute approximate surface area is 90.7 Å². The Hall–Kier alpha value is 0.220. The molecule has 0 heterocycles. The zero-order valence-corrected chi connectivity index (χ0v) is 10.6. The molecule has 0 aromatic heterocycles. The predicted molar refractivity (Wildman–Crippen MR) is 61.1 cm³/mol. The third kappa shape index (κ3) is 4.63. The van der Waals surface area contributed by atoms with Gasteiger partial charge >= 0.3 is 0 Å². The van der Waals surface area contributed by atoms with Crippen LogP contribution in [-0.2, 0) is 10.0 Å². The first-order valence-electron chi connectivity index (χ1n) is 4.51. The molecular formula is C8H19NO3S2. The van der Waals surface area contributed by atoms with Crippen molar-refractivity contribution in [1.82, 2.24) is 4.31 Å². The topological polar surface area (TPSA) is 57.6 Å². The molecule has 14 heavy (non-hydrogen) atoms. The second kappa shape index (κ2) is 6.66. The van der Waals surface area contributed by atoms with Crippen molar-refractivity contribution in [3.05, 3.63) is 0 Å². The van der Waals surface area contributed by atoms with Crippen LogP contribution in [0.5, 0.6) is 0 Å². The molecule has 86 valence electrons. The van der Waals surface area contributed by atoms with Gasteiger partial charge in [-0.3, -0.25) is 0 Å². The van der Waals surface area contributed by atoms with E-state index in [-0.39, 0.29) is 18.4 Å². The lowest BCUT2D eigenvalue weighted by Crippen LogP contribution is -2.37. The van der Waals surface area contributed by atoms with Crippen molar-refractivity contribution in [2.24, 2.45) is 0 Å². The number of hydrogen-bond acceptors (Lipinski definition) is 4. The van der Waals surface area contributed by atoms with Crippen molar-refractivity contribution < 1.29 is 13.5 Å². The summed E-state index contributed by atoms with van der Waals surface area (Å²) in [7, 11) is -1.70. The Morgan fingerprint density at radius 2 is 2.07 bits per heavy atom. The van der Waals surface area contributed by atoms with Crippen LogP contribution >= 0.6 is 11.8 Å². The molecule has 0 amide bonds. The molecule has 4 nitrogen and oxygen atoms in total. The first kappa shape index (κ1) is 14.2. The first-order chi connectivity index (χ1) is 6.45. The Balaban J connectivity index is 4.22. The normalized spacial score (nSPS) is 14.6. The minimum Gasteiger partial charge on any atom is -0.395 e. The van der Waals surface area contributed by atoms with Crippen LogP contribution in [0.15, 0.2) is 0 Å². The van der Waals surface area contributed by atoms with Crippen LogP contribution in [0, 0.1) is 0 Å². The van der Waals surface area contributed by atoms with E-state index in [0.717, 1.165) is 12.2 Å². The Morgan fingerprint density at radius 1 is 1.50 bits per heavy atom. The van der Waals surface area contributed by atoms with Crippen molar-refractivity contribution >= 4 is 21.8 Å². The van der Waals surface area contributed by atoms with Gasteiger partial charge in [0.05, 0.1) is 12.4 Å². The molecule has 0 spiro atoms. The van der Waals surface area contributed by atoms with Gasteiger partial charge in [-0.25, -0.2) is 12.7 Å². The minimum atomic E-state index is -3.27. The molecule has 0 bridgehead atoms. The van der Waals surface area contributed by atoms with E-state index in [1.54, 1.807) is 18.8 Å². The Kier molecular flexibility index (Phi) is 6.76. The molecule has 0 aliphatic rings. The number of aliphatic hydroxyl groups is 1. The van der Waals surface area contributed by atoms with E-state index in [9.17, 15) is 8.42 Å². The number of nitrogens with zero attached hydrogens (tertiary/aromatic N) is 1. The molecular weight excluding hydrogens is 222 g/mol. The van der Waals surface area contributed by atoms with Gasteiger partial charge in [0.15, 0.2) is 0 Å². The van der Waals surface area contributed by atoms with Crippen LogP contribution < -0.4 is 0 Å². The summed E-state index contributed by atoms with van der Waals surface area (Å²) < 4.78 is 24.3. The summed E-state index contributed by atoms with van der Waals surface area (Å²) in [6.45, 7) is 1.56. The molecule has 0 aromatic rings. The molecule has 0 aliphatic carbocycles. The highest BCUT2D eigenvalue weighted by molar-refractivity contribution is 7.98. The average Bonchev–Trinajstić information content (AvgIpc) is 2.12. The fourth-order valence-electron chi connectivity index (χ4n) is 1.00. The number of hydrogen-bond donors (Lipinski definition) is 1. The van der Waals surface area contributed by atoms with Gasteiger partial charge in [0.25, 0.3) is 0 Å². The number of aliphatic hydroxyl groups excluding tert-OH is 1. The maximum absolute atomic E-state index is 11.5. The molecule has 0 fully saturated rings. The van der Waals surface area contributed by atoms with Crippen molar-refractivity contribution in [3.8, 4) is 0 Å². The smallest absolute Gasteiger partial charge is 0.216 e. The second-order valence-electron chi connectivity index (χ2n) is 3.19. The van der Waals surface area contributed by atoms with E-state index in [1.165, 1.54) is 4.31 Å². The summed E-state index contributed by atoms with van der Waals surface area (Å²) in [6, 6.07) is -0.000926. The summed E-state index contributed by atoms with van der Waals surface area (Å²) in [5.74, 6) is 0.757. The van der Waals surface area contributed by atoms with Crippen molar-refractivity contribution in [1.29, 1.82) is 0 Å². The Bertz CT molecular complexity index is 241. The lowest BCUT2D eigenvalue weighted by Gasteiger charge is -2.23. The number of rotatable bonds is 7. The maximum Gasteiger partial charge on any atom is 0.216 e. The van der Waals surface area contributed by atoms with Crippen LogP contribution in [-0.4, -0.2) is 55.3 Å². The van der Waals surface area contributed by atoms with Gasteiger partial charge in [0, 0.05) is 13.1 Å². The van der Waals surface area contributed by atoms with E-state index in [0.29, 0.717) is 0 Å². The van der Waals surface area contributed by atoms with Crippen LogP contribution in [0.4, 0.5) is 0 Å². The van der Waals surface area contributed by atoms with Gasteiger partial charge in [-0.2, -0.15) is 11.8 Å². The van der Waals surface area contributed by atoms with Crippen LogP contribution in [0.25, 0.3) is 0 Å². The molecule has 6 heteroatoms. The van der Waals surface area contributed by atoms with E-state index in [1.807, 2.05) is 13.2 Å². The third-order valence-electron chi connectivity index (χ3n) is 2.15. The highest BCUT2D eigenvalue weighted by Crippen LogP contribution is 2.10. The van der Waals surface area contributed by atoms with Crippen molar-refractivity contribution in [2.75, 3.05) is 31.4 Å². The summed E-state index contributed by atoms with van der Waals surface area (Å²) in [4.78, 5) is 0. The lowest BCUT2D eigenvalue weighted by atomic mass is 10.3. The van der Waals surface area contributed by atoms with E-state index >= 15 is 0 Å². The molecule has 0 saturated heterocycles. The summed E-state index contributed by atoms with van der Waals surface area (Å²) in [5, 5.41) is 8.60. The Morgan fingerprint density at radius 3 is 2.50 bits per heavy atom. The maximum atomic E-state index is 11.5. The van der Waals surface area contributed by atoms with Gasteiger partial charge in [-0.15, -0.1) is 0 Å². The standard InChI is InChI=1S/C8H19NO3S2/c1-8(4-6-13-3)9(2)14(11,12)7-5-10/h8,10H,4-7H2,1-3H3. The van der Waals surface area contributed by atoms with Gasteiger partial charge in [0.2, 0.25) is 10.0 Å². The molecule has 0 aromatic carbocycles. The number of sulfonamides is 1. The highest BCUT2D eigenvalue weighted by Gasteiger charge is 2.21. The van der Waals surface area contributed by atoms with Crippen molar-refractivity contribution in [3.63, 3.8) is 0 Å². The van der Waals surface area contributed by atoms with Crippen LogP contribution in [0.2, 0.25) is 0 Å². The lowest BCUT2D eigenvalue weighted by molar-refractivity contribution is 0.312.